The van der Waals surface area contributed by atoms with Crippen molar-refractivity contribution in [3.05, 3.63) is 22.4 Å². The fraction of sp³-hybridized carbons (Fsp3) is 0.643. The van der Waals surface area contributed by atoms with Crippen molar-refractivity contribution in [2.75, 3.05) is 6.54 Å². The van der Waals surface area contributed by atoms with Crippen LogP contribution in [0.2, 0.25) is 0 Å². The molecule has 0 saturated heterocycles. The zero-order valence-electron chi connectivity index (χ0n) is 11.5. The molecule has 100 valence electrons. The highest BCUT2D eigenvalue weighted by Crippen LogP contribution is 2.67. The van der Waals surface area contributed by atoms with Crippen LogP contribution in [0.1, 0.15) is 38.6 Å². The van der Waals surface area contributed by atoms with Gasteiger partial charge in [-0.15, -0.1) is 11.3 Å². The molecule has 1 amide bonds. The molecule has 1 aromatic heterocycles. The summed E-state index contributed by atoms with van der Waals surface area (Å²) >= 11 is 1.52. The molecule has 1 fully saturated rings. The van der Waals surface area contributed by atoms with Crippen LogP contribution in [0.5, 0.6) is 0 Å². The molecule has 1 saturated carbocycles. The van der Waals surface area contributed by atoms with E-state index in [1.807, 2.05) is 17.5 Å². The maximum absolute atomic E-state index is 12.0. The number of hydrogen-bond donors (Lipinski definition) is 2. The molecule has 1 aliphatic rings. The summed E-state index contributed by atoms with van der Waals surface area (Å²) < 4.78 is 0. The molecule has 3 N–H and O–H groups in total. The second kappa shape index (κ2) is 4.35. The lowest BCUT2D eigenvalue weighted by Crippen LogP contribution is -2.35. The van der Waals surface area contributed by atoms with Gasteiger partial charge in [-0.3, -0.25) is 4.79 Å². The Morgan fingerprint density at radius 1 is 1.44 bits per heavy atom. The Balaban J connectivity index is 1.87. The molecule has 1 atom stereocenters. The van der Waals surface area contributed by atoms with Gasteiger partial charge >= 0.3 is 0 Å². The molecular weight excluding hydrogens is 244 g/mol. The minimum absolute atomic E-state index is 0.0732. The Labute approximate surface area is 113 Å². The first kappa shape index (κ1) is 13.6. The van der Waals surface area contributed by atoms with Crippen molar-refractivity contribution in [1.82, 2.24) is 5.32 Å². The van der Waals surface area contributed by atoms with Crippen LogP contribution in [-0.2, 0) is 4.79 Å². The summed E-state index contributed by atoms with van der Waals surface area (Å²) in [6.07, 6.45) is 0. The number of carbonyl (C=O) groups excluding carboxylic acids is 1. The third-order valence-corrected chi connectivity index (χ3v) is 5.89. The van der Waals surface area contributed by atoms with Gasteiger partial charge in [0, 0.05) is 11.4 Å². The van der Waals surface area contributed by atoms with E-state index in [4.69, 9.17) is 5.73 Å². The molecule has 1 aliphatic carbocycles. The standard InChI is InChI=1S/C14H22N2OS/c1-13(2)10(14(13,3)4)8-16-12(17)11(15)9-6-5-7-18-9/h5-7,10-11H,8,15H2,1-4H3,(H,16,17). The topological polar surface area (TPSA) is 55.1 Å². The van der Waals surface area contributed by atoms with Gasteiger partial charge in [-0.05, 0) is 28.2 Å². The van der Waals surface area contributed by atoms with E-state index in [1.165, 1.54) is 11.3 Å². The second-order valence-electron chi connectivity index (χ2n) is 6.23. The predicted molar refractivity (Wildman–Crippen MR) is 75.3 cm³/mol. The number of carbonyl (C=O) groups is 1. The Bertz CT molecular complexity index is 423. The van der Waals surface area contributed by atoms with E-state index in [0.717, 1.165) is 11.4 Å². The van der Waals surface area contributed by atoms with Crippen molar-refractivity contribution in [2.24, 2.45) is 22.5 Å². The van der Waals surface area contributed by atoms with Crippen molar-refractivity contribution in [2.45, 2.75) is 33.7 Å². The summed E-state index contributed by atoms with van der Waals surface area (Å²) in [5.74, 6) is 0.459. The molecule has 1 heterocycles. The van der Waals surface area contributed by atoms with Crippen molar-refractivity contribution in [3.8, 4) is 0 Å². The van der Waals surface area contributed by atoms with Crippen LogP contribution < -0.4 is 11.1 Å². The number of rotatable bonds is 4. The van der Waals surface area contributed by atoms with Gasteiger partial charge in [0.1, 0.15) is 6.04 Å². The maximum atomic E-state index is 12.0. The average molecular weight is 266 g/mol. The number of nitrogens with one attached hydrogen (secondary N) is 1. The van der Waals surface area contributed by atoms with Gasteiger partial charge in [-0.2, -0.15) is 0 Å². The largest absolute Gasteiger partial charge is 0.354 e. The average Bonchev–Trinajstić information content (AvgIpc) is 2.72. The Kier molecular flexibility index (Phi) is 3.28. The predicted octanol–water partition coefficient (Wildman–Crippen LogP) is 2.55. The lowest BCUT2D eigenvalue weighted by atomic mass is 10.0. The lowest BCUT2D eigenvalue weighted by molar-refractivity contribution is -0.122. The van der Waals surface area contributed by atoms with E-state index >= 15 is 0 Å². The van der Waals surface area contributed by atoms with E-state index in [2.05, 4.69) is 33.0 Å². The summed E-state index contributed by atoms with van der Waals surface area (Å²) in [7, 11) is 0. The van der Waals surface area contributed by atoms with Crippen LogP contribution in [0.3, 0.4) is 0 Å². The molecule has 3 nitrogen and oxygen atoms in total. The zero-order chi connectivity index (χ0) is 13.6. The number of thiophene rings is 1. The zero-order valence-corrected chi connectivity index (χ0v) is 12.3. The first-order valence-electron chi connectivity index (χ1n) is 6.35. The van der Waals surface area contributed by atoms with Gasteiger partial charge in [0.15, 0.2) is 0 Å². The van der Waals surface area contributed by atoms with E-state index in [0.29, 0.717) is 16.7 Å². The molecule has 1 aromatic rings. The molecule has 1 unspecified atom stereocenters. The van der Waals surface area contributed by atoms with Crippen LogP contribution in [0.15, 0.2) is 17.5 Å². The summed E-state index contributed by atoms with van der Waals surface area (Å²) in [5.41, 5.74) is 6.52. The third-order valence-electron chi connectivity index (χ3n) is 4.93. The molecule has 2 rings (SSSR count). The van der Waals surface area contributed by atoms with Gasteiger partial charge < -0.3 is 11.1 Å². The van der Waals surface area contributed by atoms with Gasteiger partial charge in [-0.25, -0.2) is 0 Å². The molecule has 0 aromatic carbocycles. The molecule has 0 aliphatic heterocycles. The first-order valence-corrected chi connectivity index (χ1v) is 7.23. The Hall–Kier alpha value is -0.870. The summed E-state index contributed by atoms with van der Waals surface area (Å²) in [4.78, 5) is 12.9. The molecule has 4 heteroatoms. The van der Waals surface area contributed by atoms with Crippen molar-refractivity contribution in [3.63, 3.8) is 0 Å². The molecule has 0 radical (unpaired) electrons. The molecular formula is C14H22N2OS. The third kappa shape index (κ3) is 2.08. The first-order chi connectivity index (χ1) is 8.28. The minimum Gasteiger partial charge on any atom is -0.354 e. The van der Waals surface area contributed by atoms with Crippen molar-refractivity contribution < 1.29 is 4.79 Å². The Morgan fingerprint density at radius 3 is 2.50 bits per heavy atom. The van der Waals surface area contributed by atoms with Gasteiger partial charge in [-0.1, -0.05) is 33.8 Å². The Morgan fingerprint density at radius 2 is 2.06 bits per heavy atom. The maximum Gasteiger partial charge on any atom is 0.242 e. The van der Waals surface area contributed by atoms with Gasteiger partial charge in [0.25, 0.3) is 0 Å². The van der Waals surface area contributed by atoms with Crippen LogP contribution in [0.25, 0.3) is 0 Å². The van der Waals surface area contributed by atoms with E-state index in [1.54, 1.807) is 0 Å². The quantitative estimate of drug-likeness (QED) is 0.880. The summed E-state index contributed by atoms with van der Waals surface area (Å²) in [5, 5.41) is 4.93. The summed E-state index contributed by atoms with van der Waals surface area (Å²) in [6.45, 7) is 9.73. The van der Waals surface area contributed by atoms with Gasteiger partial charge in [0.05, 0.1) is 0 Å². The number of amides is 1. The summed E-state index contributed by atoms with van der Waals surface area (Å²) in [6, 6.07) is 3.29. The number of nitrogens with two attached hydrogens (primary N) is 1. The van der Waals surface area contributed by atoms with Crippen LogP contribution in [0, 0.1) is 16.7 Å². The monoisotopic (exact) mass is 266 g/mol. The van der Waals surface area contributed by atoms with Gasteiger partial charge in [0.2, 0.25) is 5.91 Å². The van der Waals surface area contributed by atoms with Crippen molar-refractivity contribution >= 4 is 17.2 Å². The number of hydrogen-bond acceptors (Lipinski definition) is 3. The molecule has 0 bridgehead atoms. The van der Waals surface area contributed by atoms with E-state index in [-0.39, 0.29) is 5.91 Å². The van der Waals surface area contributed by atoms with Crippen LogP contribution in [-0.4, -0.2) is 12.5 Å². The minimum atomic E-state index is -0.532. The highest BCUT2D eigenvalue weighted by molar-refractivity contribution is 7.10. The molecule has 18 heavy (non-hydrogen) atoms. The SMILES string of the molecule is CC1(C)C(CNC(=O)C(N)c2cccs2)C1(C)C. The van der Waals surface area contributed by atoms with Crippen molar-refractivity contribution in [1.29, 1.82) is 0 Å². The lowest BCUT2D eigenvalue weighted by Gasteiger charge is -2.11. The fourth-order valence-corrected chi connectivity index (χ4v) is 3.48. The van der Waals surface area contributed by atoms with Crippen LogP contribution in [0.4, 0.5) is 0 Å². The normalized spacial score (nSPS) is 22.5. The highest BCUT2D eigenvalue weighted by atomic mass is 32.1. The smallest absolute Gasteiger partial charge is 0.242 e. The highest BCUT2D eigenvalue weighted by Gasteiger charge is 2.64. The van der Waals surface area contributed by atoms with Crippen LogP contribution >= 0.6 is 11.3 Å². The van der Waals surface area contributed by atoms with E-state index in [9.17, 15) is 4.79 Å². The second-order valence-corrected chi connectivity index (χ2v) is 7.21. The molecule has 0 spiro atoms. The fourth-order valence-electron chi connectivity index (χ4n) is 2.75. The van der Waals surface area contributed by atoms with E-state index < -0.39 is 6.04 Å².